The maximum Gasteiger partial charge on any atom is 0.429 e. The first kappa shape index (κ1) is 12.6. The Bertz CT molecular complexity index is 233. The predicted octanol–water partition coefficient (Wildman–Crippen LogP) is -1.74. The zero-order valence-corrected chi connectivity index (χ0v) is 6.67. The molecular weight excluding hydrogens is 226 g/mol. The van der Waals surface area contributed by atoms with E-state index in [9.17, 15) is 30.3 Å². The summed E-state index contributed by atoms with van der Waals surface area (Å²) < 4.78 is 0. The molecule has 0 spiro atoms. The summed E-state index contributed by atoms with van der Waals surface area (Å²) in [6, 6.07) is 0. The summed E-state index contributed by atoms with van der Waals surface area (Å²) in [5.74, 6) is -3.43. The van der Waals surface area contributed by atoms with Gasteiger partial charge in [-0.2, -0.15) is 0 Å². The molecule has 0 aromatic heterocycles. The van der Waals surface area contributed by atoms with E-state index in [0.29, 0.717) is 0 Å². The normalized spacial score (nSPS) is 10.2. The van der Waals surface area contributed by atoms with Crippen molar-refractivity contribution >= 4 is 0 Å². The van der Waals surface area contributed by atoms with E-state index in [1.807, 2.05) is 0 Å². The molecule has 86 valence electrons. The number of hydrogen-bond acceptors (Lipinski definition) is 10. The number of nitrogens with zero attached hydrogens (tertiary/aromatic N) is 3. The van der Waals surface area contributed by atoms with Gasteiger partial charge in [0.1, 0.15) is 6.61 Å². The summed E-state index contributed by atoms with van der Waals surface area (Å²) in [5.41, 5.74) is 0. The Hall–Kier alpha value is -2.44. The van der Waals surface area contributed by atoms with Gasteiger partial charge in [0.15, 0.2) is 0 Å². The zero-order chi connectivity index (χ0) is 12.1. The first-order chi connectivity index (χ1) is 6.81. The van der Waals surface area contributed by atoms with Gasteiger partial charge in [-0.3, -0.25) is 0 Å². The lowest BCUT2D eigenvalue weighted by atomic mass is 10.6. The summed E-state index contributed by atoms with van der Waals surface area (Å²) in [7, 11) is 0. The van der Waals surface area contributed by atoms with Crippen LogP contribution in [-0.2, 0) is 14.5 Å². The average Bonchev–Trinajstić information content (AvgIpc) is 1.99. The Kier molecular flexibility index (Phi) is 3.94. The fourth-order valence-electron chi connectivity index (χ4n) is 0.477. The van der Waals surface area contributed by atoms with Crippen molar-refractivity contribution in [3.63, 3.8) is 0 Å². The van der Waals surface area contributed by atoms with Crippen LogP contribution in [-0.4, -0.2) is 32.9 Å². The molecule has 0 atom stereocenters. The van der Waals surface area contributed by atoms with Crippen LogP contribution in [0.4, 0.5) is 0 Å². The van der Waals surface area contributed by atoms with Gasteiger partial charge in [0.25, 0.3) is 15.3 Å². The molecule has 0 rings (SSSR count). The minimum Gasteiger partial charge on any atom is -0.389 e. The third-order valence-corrected chi connectivity index (χ3v) is 0.835. The predicted molar refractivity (Wildman–Crippen MR) is 34.1 cm³/mol. The van der Waals surface area contributed by atoms with Crippen LogP contribution in [0.25, 0.3) is 0 Å². The molecule has 0 saturated heterocycles. The first-order valence-corrected chi connectivity index (χ1v) is 2.93. The van der Waals surface area contributed by atoms with E-state index in [1.54, 1.807) is 0 Å². The van der Waals surface area contributed by atoms with Gasteiger partial charge in [-0.05, 0) is 0 Å². The lowest BCUT2D eigenvalue weighted by Crippen LogP contribution is -2.47. The van der Waals surface area contributed by atoms with Crippen molar-refractivity contribution in [3.05, 3.63) is 30.3 Å². The van der Waals surface area contributed by atoms with E-state index < -0.39 is 27.8 Å². The van der Waals surface area contributed by atoms with Crippen LogP contribution in [0.15, 0.2) is 0 Å². The number of aliphatic hydroxyl groups excluding tert-OH is 1. The molecule has 0 unspecified atom stereocenters. The highest BCUT2D eigenvalue weighted by atomic mass is 17.2. The van der Waals surface area contributed by atoms with Crippen molar-refractivity contribution < 1.29 is 34.9 Å². The van der Waals surface area contributed by atoms with Crippen LogP contribution in [0.3, 0.4) is 0 Å². The molecule has 1 N–H and O–H groups in total. The van der Waals surface area contributed by atoms with Crippen molar-refractivity contribution in [1.29, 1.82) is 0 Å². The standard InChI is InChI=1S/C2H3N3O10/c6-1-2(13-3(7)8,14-4(9)10)15-5(11)12/h6H,1H2. The molecule has 0 aromatic carbocycles. The summed E-state index contributed by atoms with van der Waals surface area (Å²) in [6.45, 7) is -1.64. The third-order valence-electron chi connectivity index (χ3n) is 0.835. The van der Waals surface area contributed by atoms with E-state index >= 15 is 0 Å². The first-order valence-electron chi connectivity index (χ1n) is 2.93. The Balaban J connectivity index is 4.81. The van der Waals surface area contributed by atoms with Gasteiger partial charge in [0.2, 0.25) is 0 Å². The van der Waals surface area contributed by atoms with Crippen molar-refractivity contribution in [2.75, 3.05) is 6.61 Å². The molecule has 0 aromatic rings. The van der Waals surface area contributed by atoms with E-state index in [2.05, 4.69) is 14.5 Å². The quantitative estimate of drug-likeness (QED) is 0.299. The number of rotatable bonds is 7. The highest BCUT2D eigenvalue weighted by Gasteiger charge is 2.43. The summed E-state index contributed by atoms with van der Waals surface area (Å²) >= 11 is 0. The van der Waals surface area contributed by atoms with Gasteiger partial charge in [0.05, 0.1) is 0 Å². The minimum absolute atomic E-state index is 1.64. The van der Waals surface area contributed by atoms with Crippen LogP contribution >= 0.6 is 0 Å². The molecule has 0 bridgehead atoms. The maximum absolute atomic E-state index is 9.80. The fraction of sp³-hybridized carbons (Fsp3) is 1.00. The van der Waals surface area contributed by atoms with Crippen molar-refractivity contribution in [1.82, 2.24) is 0 Å². The van der Waals surface area contributed by atoms with Crippen LogP contribution in [0.1, 0.15) is 0 Å². The number of hydrogen-bond donors (Lipinski definition) is 1. The van der Waals surface area contributed by atoms with Crippen LogP contribution in [0.2, 0.25) is 0 Å². The van der Waals surface area contributed by atoms with Gasteiger partial charge in [-0.15, -0.1) is 30.3 Å². The molecule has 0 radical (unpaired) electrons. The van der Waals surface area contributed by atoms with Crippen LogP contribution in [0.5, 0.6) is 0 Å². The Morgan fingerprint density at radius 2 is 1.20 bits per heavy atom. The maximum atomic E-state index is 9.80. The Morgan fingerprint density at radius 3 is 1.33 bits per heavy atom. The van der Waals surface area contributed by atoms with E-state index in [0.717, 1.165) is 0 Å². The van der Waals surface area contributed by atoms with Crippen molar-refractivity contribution in [3.8, 4) is 0 Å². The van der Waals surface area contributed by atoms with Crippen molar-refractivity contribution in [2.24, 2.45) is 0 Å². The molecule has 0 amide bonds. The van der Waals surface area contributed by atoms with Gasteiger partial charge in [-0.25, -0.2) is 14.5 Å². The molecule has 0 aliphatic heterocycles. The second-order valence-electron chi connectivity index (χ2n) is 1.79. The van der Waals surface area contributed by atoms with E-state index in [-0.39, 0.29) is 0 Å². The number of aliphatic hydroxyl groups is 1. The van der Waals surface area contributed by atoms with Gasteiger partial charge in [0, 0.05) is 0 Å². The topological polar surface area (TPSA) is 177 Å². The molecule has 0 aliphatic rings. The molecule has 0 fully saturated rings. The molecule has 13 heteroatoms. The van der Waals surface area contributed by atoms with E-state index in [1.165, 1.54) is 0 Å². The molecule has 0 saturated carbocycles. The largest absolute Gasteiger partial charge is 0.429 e. The van der Waals surface area contributed by atoms with E-state index in [4.69, 9.17) is 5.11 Å². The lowest BCUT2D eigenvalue weighted by Gasteiger charge is -2.22. The molecule has 13 nitrogen and oxygen atoms in total. The SMILES string of the molecule is O=[N+]([O-])OC(CO)(O[N+](=O)[O-])O[N+](=O)[O-]. The van der Waals surface area contributed by atoms with Gasteiger partial charge >= 0.3 is 5.97 Å². The summed E-state index contributed by atoms with van der Waals surface area (Å²) in [5, 5.41) is 32.9. The Labute approximate surface area is 79.1 Å². The second kappa shape index (κ2) is 4.70. The minimum atomic E-state index is -3.43. The zero-order valence-electron chi connectivity index (χ0n) is 6.67. The van der Waals surface area contributed by atoms with Crippen LogP contribution in [0, 0.1) is 30.3 Å². The Morgan fingerprint density at radius 1 is 0.933 bits per heavy atom. The highest BCUT2D eigenvalue weighted by Crippen LogP contribution is 2.15. The second-order valence-corrected chi connectivity index (χ2v) is 1.79. The van der Waals surface area contributed by atoms with Gasteiger partial charge < -0.3 is 5.11 Å². The lowest BCUT2D eigenvalue weighted by molar-refractivity contribution is -0.955. The molecule has 0 heterocycles. The average molecular weight is 229 g/mol. The monoisotopic (exact) mass is 229 g/mol. The van der Waals surface area contributed by atoms with Gasteiger partial charge in [-0.1, -0.05) is 0 Å². The third kappa shape index (κ3) is 4.36. The smallest absolute Gasteiger partial charge is 0.389 e. The van der Waals surface area contributed by atoms with Crippen molar-refractivity contribution in [2.45, 2.75) is 5.97 Å². The highest BCUT2D eigenvalue weighted by molar-refractivity contribution is 4.45. The molecule has 0 aliphatic carbocycles. The summed E-state index contributed by atoms with van der Waals surface area (Å²) in [4.78, 5) is 39.5. The molecular formula is C2H3N3O10. The summed E-state index contributed by atoms with van der Waals surface area (Å²) in [6.07, 6.45) is 0. The van der Waals surface area contributed by atoms with Crippen LogP contribution < -0.4 is 0 Å². The molecule has 15 heavy (non-hydrogen) atoms. The fourth-order valence-corrected chi connectivity index (χ4v) is 0.477.